The van der Waals surface area contributed by atoms with Crippen molar-refractivity contribution in [3.8, 4) is 0 Å². The highest BCUT2D eigenvalue weighted by molar-refractivity contribution is 6.30. The average Bonchev–Trinajstić information content (AvgIpc) is 2.36. The van der Waals surface area contributed by atoms with E-state index in [0.717, 1.165) is 38.4 Å². The molecule has 0 radical (unpaired) electrons. The molecule has 1 aromatic carbocycles. The molecule has 1 saturated heterocycles. The van der Waals surface area contributed by atoms with Gasteiger partial charge < -0.3 is 10.1 Å². The lowest BCUT2D eigenvalue weighted by atomic mass is 10.2. The summed E-state index contributed by atoms with van der Waals surface area (Å²) in [5.41, 5.74) is 0.874. The molecule has 1 fully saturated rings. The molecule has 1 aromatic rings. The minimum Gasteiger partial charge on any atom is -0.379 e. The van der Waals surface area contributed by atoms with E-state index in [0.29, 0.717) is 17.6 Å². The van der Waals surface area contributed by atoms with Crippen molar-refractivity contribution in [2.75, 3.05) is 32.8 Å². The first kappa shape index (κ1) is 14.7. The van der Waals surface area contributed by atoms with Crippen molar-refractivity contribution < 1.29 is 9.13 Å². The van der Waals surface area contributed by atoms with E-state index in [1.54, 1.807) is 6.07 Å². The first-order valence-corrected chi connectivity index (χ1v) is 7.00. The van der Waals surface area contributed by atoms with E-state index in [4.69, 9.17) is 16.3 Å². The van der Waals surface area contributed by atoms with E-state index in [9.17, 15) is 4.39 Å². The smallest absolute Gasteiger partial charge is 0.125 e. The fraction of sp³-hybridized carbons (Fsp3) is 0.571. The Morgan fingerprint density at radius 1 is 1.37 bits per heavy atom. The Bertz CT molecular complexity index is 390. The Labute approximate surface area is 118 Å². The van der Waals surface area contributed by atoms with Crippen molar-refractivity contribution in [3.05, 3.63) is 34.6 Å². The first-order chi connectivity index (χ1) is 9.13. The third-order valence-corrected chi connectivity index (χ3v) is 3.43. The molecular formula is C14H20ClFN2O. The second-order valence-corrected chi connectivity index (χ2v) is 5.41. The molecule has 0 saturated carbocycles. The summed E-state index contributed by atoms with van der Waals surface area (Å²) in [7, 11) is 0. The van der Waals surface area contributed by atoms with Gasteiger partial charge in [-0.1, -0.05) is 11.6 Å². The summed E-state index contributed by atoms with van der Waals surface area (Å²) in [6.07, 6.45) is 0. The lowest BCUT2D eigenvalue weighted by Crippen LogP contribution is -2.44. The van der Waals surface area contributed by atoms with Crippen molar-refractivity contribution in [2.24, 2.45) is 0 Å². The zero-order valence-corrected chi connectivity index (χ0v) is 11.9. The third-order valence-electron chi connectivity index (χ3n) is 3.21. The standard InChI is InChI=1S/C14H20ClFN2O/c1-11(10-18-2-4-19-5-3-18)17-9-12-6-13(15)8-14(16)7-12/h6-8,11,17H,2-5,9-10H2,1H3. The molecule has 106 valence electrons. The van der Waals surface area contributed by atoms with Gasteiger partial charge in [-0.3, -0.25) is 4.90 Å². The third kappa shape index (κ3) is 5.07. The molecule has 1 atom stereocenters. The molecule has 1 N–H and O–H groups in total. The molecule has 1 unspecified atom stereocenters. The molecule has 2 rings (SSSR count). The number of halogens is 2. The van der Waals surface area contributed by atoms with Crippen molar-refractivity contribution in [2.45, 2.75) is 19.5 Å². The van der Waals surface area contributed by atoms with Crippen LogP contribution in [0.4, 0.5) is 4.39 Å². The molecule has 1 heterocycles. The van der Waals surface area contributed by atoms with Crippen molar-refractivity contribution in [1.82, 2.24) is 10.2 Å². The van der Waals surface area contributed by atoms with E-state index >= 15 is 0 Å². The lowest BCUT2D eigenvalue weighted by molar-refractivity contribution is 0.0343. The van der Waals surface area contributed by atoms with Gasteiger partial charge in [0.15, 0.2) is 0 Å². The van der Waals surface area contributed by atoms with Gasteiger partial charge in [0.1, 0.15) is 5.82 Å². The quantitative estimate of drug-likeness (QED) is 0.899. The Hall–Kier alpha value is -0.680. The van der Waals surface area contributed by atoms with Crippen molar-refractivity contribution in [3.63, 3.8) is 0 Å². The predicted octanol–water partition coefficient (Wildman–Crippen LogP) is 2.29. The van der Waals surface area contributed by atoms with E-state index in [1.807, 2.05) is 0 Å². The predicted molar refractivity (Wildman–Crippen MR) is 75.0 cm³/mol. The fourth-order valence-electron chi connectivity index (χ4n) is 2.24. The summed E-state index contributed by atoms with van der Waals surface area (Å²) in [6.45, 7) is 7.33. The molecule has 0 bridgehead atoms. The summed E-state index contributed by atoms with van der Waals surface area (Å²) in [5.74, 6) is -0.287. The number of benzene rings is 1. The van der Waals surface area contributed by atoms with Gasteiger partial charge in [-0.05, 0) is 30.7 Å². The molecular weight excluding hydrogens is 267 g/mol. The summed E-state index contributed by atoms with van der Waals surface area (Å²) in [6, 6.07) is 4.97. The molecule has 0 spiro atoms. The minimum absolute atomic E-state index is 0.287. The van der Waals surface area contributed by atoms with Crippen LogP contribution < -0.4 is 5.32 Å². The molecule has 19 heavy (non-hydrogen) atoms. The van der Waals surface area contributed by atoms with Gasteiger partial charge in [-0.25, -0.2) is 4.39 Å². The van der Waals surface area contributed by atoms with Crippen LogP contribution in [0.5, 0.6) is 0 Å². The molecule has 1 aliphatic rings. The zero-order chi connectivity index (χ0) is 13.7. The summed E-state index contributed by atoms with van der Waals surface area (Å²) < 4.78 is 18.5. The molecule has 0 aliphatic carbocycles. The highest BCUT2D eigenvalue weighted by Gasteiger charge is 2.13. The monoisotopic (exact) mass is 286 g/mol. The number of morpholine rings is 1. The van der Waals surface area contributed by atoms with Crippen molar-refractivity contribution in [1.29, 1.82) is 0 Å². The summed E-state index contributed by atoms with van der Waals surface area (Å²) >= 11 is 5.83. The number of hydrogen-bond acceptors (Lipinski definition) is 3. The van der Waals surface area contributed by atoms with Crippen LogP contribution in [0.1, 0.15) is 12.5 Å². The maximum Gasteiger partial charge on any atom is 0.125 e. The molecule has 3 nitrogen and oxygen atoms in total. The number of nitrogens with zero attached hydrogens (tertiary/aromatic N) is 1. The second kappa shape index (κ2) is 7.20. The largest absolute Gasteiger partial charge is 0.379 e. The SMILES string of the molecule is CC(CN1CCOCC1)NCc1cc(F)cc(Cl)c1. The summed E-state index contributed by atoms with van der Waals surface area (Å²) in [5, 5.41) is 3.84. The zero-order valence-electron chi connectivity index (χ0n) is 11.2. The van der Waals surface area contributed by atoms with Crippen LogP contribution in [0.15, 0.2) is 18.2 Å². The second-order valence-electron chi connectivity index (χ2n) is 4.97. The van der Waals surface area contributed by atoms with Crippen LogP contribution in [0.2, 0.25) is 5.02 Å². The van der Waals surface area contributed by atoms with Gasteiger partial charge in [0.25, 0.3) is 0 Å². The highest BCUT2D eigenvalue weighted by Crippen LogP contribution is 2.14. The van der Waals surface area contributed by atoms with E-state index in [-0.39, 0.29) is 5.82 Å². The van der Waals surface area contributed by atoms with Crippen LogP contribution in [-0.2, 0) is 11.3 Å². The number of ether oxygens (including phenoxy) is 1. The summed E-state index contributed by atoms with van der Waals surface area (Å²) in [4.78, 5) is 2.37. The number of rotatable bonds is 5. The molecule has 5 heteroatoms. The lowest BCUT2D eigenvalue weighted by Gasteiger charge is -2.29. The molecule has 0 amide bonds. The van der Waals surface area contributed by atoms with Gasteiger partial charge in [0.2, 0.25) is 0 Å². The van der Waals surface area contributed by atoms with Crippen LogP contribution in [0, 0.1) is 5.82 Å². The fourth-order valence-corrected chi connectivity index (χ4v) is 2.49. The number of hydrogen-bond donors (Lipinski definition) is 1. The maximum absolute atomic E-state index is 13.2. The topological polar surface area (TPSA) is 24.5 Å². The van der Waals surface area contributed by atoms with Crippen molar-refractivity contribution >= 4 is 11.6 Å². The molecule has 1 aliphatic heterocycles. The first-order valence-electron chi connectivity index (χ1n) is 6.62. The normalized spacial score (nSPS) is 18.5. The minimum atomic E-state index is -0.287. The Morgan fingerprint density at radius 3 is 2.79 bits per heavy atom. The van der Waals surface area contributed by atoms with Gasteiger partial charge in [0.05, 0.1) is 13.2 Å². The molecule has 0 aromatic heterocycles. The Balaban J connectivity index is 1.77. The van der Waals surface area contributed by atoms with E-state index in [2.05, 4.69) is 17.1 Å². The maximum atomic E-state index is 13.2. The van der Waals surface area contributed by atoms with Crippen LogP contribution in [0.25, 0.3) is 0 Å². The van der Waals surface area contributed by atoms with E-state index in [1.165, 1.54) is 12.1 Å². The Morgan fingerprint density at radius 2 is 2.11 bits per heavy atom. The highest BCUT2D eigenvalue weighted by atomic mass is 35.5. The van der Waals surface area contributed by atoms with Crippen LogP contribution in [-0.4, -0.2) is 43.8 Å². The van der Waals surface area contributed by atoms with Crippen LogP contribution in [0.3, 0.4) is 0 Å². The van der Waals surface area contributed by atoms with Gasteiger partial charge in [0, 0.05) is 37.2 Å². The van der Waals surface area contributed by atoms with Gasteiger partial charge in [-0.15, -0.1) is 0 Å². The average molecular weight is 287 g/mol. The van der Waals surface area contributed by atoms with Gasteiger partial charge in [-0.2, -0.15) is 0 Å². The van der Waals surface area contributed by atoms with E-state index < -0.39 is 0 Å². The Kier molecular flexibility index (Phi) is 5.58. The van der Waals surface area contributed by atoms with Crippen LogP contribution >= 0.6 is 11.6 Å². The van der Waals surface area contributed by atoms with Gasteiger partial charge >= 0.3 is 0 Å². The number of nitrogens with one attached hydrogen (secondary N) is 1.